The summed E-state index contributed by atoms with van der Waals surface area (Å²) in [4.78, 5) is 16.3. The molecule has 1 aromatic heterocycles. The molecular formula is C15H25Cl2N3O. The summed E-state index contributed by atoms with van der Waals surface area (Å²) in [6.07, 6.45) is 3.99. The monoisotopic (exact) mass is 333 g/mol. The van der Waals surface area contributed by atoms with Crippen LogP contribution in [0.25, 0.3) is 0 Å². The fourth-order valence-electron chi connectivity index (χ4n) is 2.54. The number of halogens is 2. The third kappa shape index (κ3) is 6.64. The van der Waals surface area contributed by atoms with Crippen LogP contribution in [0.3, 0.4) is 0 Å². The minimum absolute atomic E-state index is 0. The highest BCUT2D eigenvalue weighted by Gasteiger charge is 2.14. The molecule has 1 saturated heterocycles. The number of anilines is 1. The first-order valence-electron chi connectivity index (χ1n) is 7.10. The van der Waals surface area contributed by atoms with Gasteiger partial charge in [0.25, 0.3) is 0 Å². The zero-order valence-corrected chi connectivity index (χ0v) is 14.3. The van der Waals surface area contributed by atoms with Gasteiger partial charge in [0.1, 0.15) is 0 Å². The van der Waals surface area contributed by atoms with Gasteiger partial charge in [0, 0.05) is 12.1 Å². The van der Waals surface area contributed by atoms with Crippen molar-refractivity contribution in [2.45, 2.75) is 39.5 Å². The third-order valence-corrected chi connectivity index (χ3v) is 3.74. The van der Waals surface area contributed by atoms with E-state index in [9.17, 15) is 4.79 Å². The van der Waals surface area contributed by atoms with Gasteiger partial charge in [-0.1, -0.05) is 0 Å². The van der Waals surface area contributed by atoms with Crippen molar-refractivity contribution in [2.75, 3.05) is 18.4 Å². The largest absolute Gasteiger partial charge is 0.325 e. The second-order valence-corrected chi connectivity index (χ2v) is 5.37. The number of aromatic nitrogens is 1. The Balaban J connectivity index is 0.00000200. The predicted molar refractivity (Wildman–Crippen MR) is 91.7 cm³/mol. The van der Waals surface area contributed by atoms with Crippen LogP contribution in [0, 0.1) is 19.8 Å². The fraction of sp³-hybridized carbons (Fsp3) is 0.600. The maximum atomic E-state index is 11.9. The summed E-state index contributed by atoms with van der Waals surface area (Å²) in [5, 5.41) is 6.31. The number of nitrogens with one attached hydrogen (secondary N) is 2. The lowest BCUT2D eigenvalue weighted by molar-refractivity contribution is -0.116. The summed E-state index contributed by atoms with van der Waals surface area (Å²) in [5.41, 5.74) is 2.70. The summed E-state index contributed by atoms with van der Waals surface area (Å²) >= 11 is 0. The highest BCUT2D eigenvalue weighted by atomic mass is 35.5. The van der Waals surface area contributed by atoms with Gasteiger partial charge in [0.15, 0.2) is 0 Å². The van der Waals surface area contributed by atoms with Gasteiger partial charge >= 0.3 is 0 Å². The van der Waals surface area contributed by atoms with Crippen LogP contribution in [-0.4, -0.2) is 24.0 Å². The number of hydrogen-bond donors (Lipinski definition) is 2. The average Bonchev–Trinajstić information content (AvgIpc) is 2.41. The number of nitrogens with zero attached hydrogens (tertiary/aromatic N) is 1. The second kappa shape index (κ2) is 9.98. The normalized spacial score (nSPS) is 14.8. The maximum Gasteiger partial charge on any atom is 0.224 e. The molecule has 1 amide bonds. The van der Waals surface area contributed by atoms with Crippen LogP contribution in [0.2, 0.25) is 0 Å². The van der Waals surface area contributed by atoms with Crippen molar-refractivity contribution in [3.05, 3.63) is 23.5 Å². The number of piperidine rings is 1. The molecule has 4 nitrogen and oxygen atoms in total. The average molecular weight is 334 g/mol. The number of rotatable bonds is 4. The molecule has 21 heavy (non-hydrogen) atoms. The lowest BCUT2D eigenvalue weighted by atomic mass is 9.93. The molecule has 1 aromatic rings. The zero-order valence-electron chi connectivity index (χ0n) is 12.6. The maximum absolute atomic E-state index is 11.9. The molecule has 0 aliphatic carbocycles. The summed E-state index contributed by atoms with van der Waals surface area (Å²) in [6.45, 7) is 6.06. The van der Waals surface area contributed by atoms with Crippen molar-refractivity contribution in [2.24, 2.45) is 5.92 Å². The summed E-state index contributed by atoms with van der Waals surface area (Å²) in [5.74, 6) is 0.802. The quantitative estimate of drug-likeness (QED) is 0.889. The van der Waals surface area contributed by atoms with Crippen molar-refractivity contribution in [3.63, 3.8) is 0 Å². The Morgan fingerprint density at radius 1 is 1.29 bits per heavy atom. The van der Waals surface area contributed by atoms with E-state index < -0.39 is 0 Å². The predicted octanol–water partition coefficient (Wildman–Crippen LogP) is 3.26. The van der Waals surface area contributed by atoms with E-state index in [0.717, 1.165) is 36.6 Å². The molecular weight excluding hydrogens is 309 g/mol. The van der Waals surface area contributed by atoms with Crippen LogP contribution < -0.4 is 10.6 Å². The first kappa shape index (κ1) is 20.2. The molecule has 1 aliphatic rings. The van der Waals surface area contributed by atoms with Crippen molar-refractivity contribution in [3.8, 4) is 0 Å². The number of carbonyl (C=O) groups is 1. The molecule has 6 heteroatoms. The van der Waals surface area contributed by atoms with E-state index in [4.69, 9.17) is 0 Å². The minimum Gasteiger partial charge on any atom is -0.325 e. The minimum atomic E-state index is 0. The van der Waals surface area contributed by atoms with Gasteiger partial charge in [-0.05, 0) is 64.3 Å². The molecule has 120 valence electrons. The number of amides is 1. The molecule has 0 atom stereocenters. The van der Waals surface area contributed by atoms with Crippen LogP contribution in [0.1, 0.15) is 37.1 Å². The van der Waals surface area contributed by atoms with Crippen LogP contribution in [0.15, 0.2) is 12.1 Å². The first-order valence-corrected chi connectivity index (χ1v) is 7.10. The first-order chi connectivity index (χ1) is 9.15. The third-order valence-electron chi connectivity index (χ3n) is 3.74. The van der Waals surface area contributed by atoms with E-state index in [1.54, 1.807) is 0 Å². The van der Waals surface area contributed by atoms with Crippen LogP contribution in [0.5, 0.6) is 0 Å². The van der Waals surface area contributed by atoms with Crippen LogP contribution >= 0.6 is 24.8 Å². The van der Waals surface area contributed by atoms with E-state index in [1.165, 1.54) is 12.8 Å². The van der Waals surface area contributed by atoms with Crippen LogP contribution in [0.4, 0.5) is 5.69 Å². The summed E-state index contributed by atoms with van der Waals surface area (Å²) < 4.78 is 0. The molecule has 0 unspecified atom stereocenters. The van der Waals surface area contributed by atoms with E-state index in [0.29, 0.717) is 12.3 Å². The van der Waals surface area contributed by atoms with E-state index in [1.807, 2.05) is 26.0 Å². The Morgan fingerprint density at radius 3 is 2.57 bits per heavy atom. The highest BCUT2D eigenvalue weighted by Crippen LogP contribution is 2.19. The van der Waals surface area contributed by atoms with Gasteiger partial charge in [-0.15, -0.1) is 24.8 Å². The zero-order chi connectivity index (χ0) is 13.7. The van der Waals surface area contributed by atoms with E-state index in [-0.39, 0.29) is 30.7 Å². The fourth-order valence-corrected chi connectivity index (χ4v) is 2.54. The Morgan fingerprint density at radius 2 is 1.95 bits per heavy atom. The lowest BCUT2D eigenvalue weighted by Gasteiger charge is -2.22. The summed E-state index contributed by atoms with van der Waals surface area (Å²) in [7, 11) is 0. The Kier molecular flexibility index (Phi) is 9.58. The van der Waals surface area contributed by atoms with Gasteiger partial charge in [-0.25, -0.2) is 0 Å². The SMILES string of the molecule is Cc1ccc(NC(=O)CCC2CCNCC2)c(C)n1.Cl.Cl. The number of aryl methyl sites for hydroxylation is 2. The van der Waals surface area contributed by atoms with Crippen molar-refractivity contribution < 1.29 is 4.79 Å². The van der Waals surface area contributed by atoms with Crippen molar-refractivity contribution in [1.82, 2.24) is 10.3 Å². The van der Waals surface area contributed by atoms with Gasteiger partial charge in [0.05, 0.1) is 11.4 Å². The molecule has 0 saturated carbocycles. The number of pyridine rings is 1. The highest BCUT2D eigenvalue weighted by molar-refractivity contribution is 5.91. The topological polar surface area (TPSA) is 54.0 Å². The molecule has 0 spiro atoms. The summed E-state index contributed by atoms with van der Waals surface area (Å²) in [6, 6.07) is 3.86. The molecule has 1 fully saturated rings. The van der Waals surface area contributed by atoms with Gasteiger partial charge in [-0.3, -0.25) is 9.78 Å². The lowest BCUT2D eigenvalue weighted by Crippen LogP contribution is -2.28. The van der Waals surface area contributed by atoms with E-state index >= 15 is 0 Å². The standard InChI is InChI=1S/C15H23N3O.2ClH/c1-11-3-5-14(12(2)17-11)18-15(19)6-4-13-7-9-16-10-8-13;;/h3,5,13,16H,4,6-10H2,1-2H3,(H,18,19);2*1H. The smallest absolute Gasteiger partial charge is 0.224 e. The Labute approximate surface area is 139 Å². The van der Waals surface area contributed by atoms with Gasteiger partial charge in [-0.2, -0.15) is 0 Å². The molecule has 2 rings (SSSR count). The molecule has 0 bridgehead atoms. The Hall–Kier alpha value is -0.840. The number of hydrogen-bond acceptors (Lipinski definition) is 3. The molecule has 0 radical (unpaired) electrons. The van der Waals surface area contributed by atoms with Crippen molar-refractivity contribution in [1.29, 1.82) is 0 Å². The molecule has 0 aromatic carbocycles. The van der Waals surface area contributed by atoms with E-state index in [2.05, 4.69) is 15.6 Å². The molecule has 2 N–H and O–H groups in total. The number of carbonyl (C=O) groups excluding carboxylic acids is 1. The van der Waals surface area contributed by atoms with Gasteiger partial charge < -0.3 is 10.6 Å². The Bertz CT molecular complexity index is 449. The molecule has 1 aliphatic heterocycles. The van der Waals surface area contributed by atoms with Crippen molar-refractivity contribution >= 4 is 36.4 Å². The van der Waals surface area contributed by atoms with Gasteiger partial charge in [0.2, 0.25) is 5.91 Å². The molecule has 2 heterocycles. The van der Waals surface area contributed by atoms with Crippen LogP contribution in [-0.2, 0) is 4.79 Å². The second-order valence-electron chi connectivity index (χ2n) is 5.37.